The first kappa shape index (κ1) is 17.2. The van der Waals surface area contributed by atoms with Crippen molar-refractivity contribution < 1.29 is 4.79 Å². The number of piperazine rings is 1. The lowest BCUT2D eigenvalue weighted by atomic mass is 10.2. The lowest BCUT2D eigenvalue weighted by Gasteiger charge is -2.36. The molecule has 1 aliphatic heterocycles. The number of nitrogens with one attached hydrogen (secondary N) is 1. The van der Waals surface area contributed by atoms with Gasteiger partial charge in [0.15, 0.2) is 0 Å². The number of nitrogens with zero attached hydrogens (tertiary/aromatic N) is 4. The zero-order valence-corrected chi connectivity index (χ0v) is 14.7. The molecule has 0 radical (unpaired) electrons. The summed E-state index contributed by atoms with van der Waals surface area (Å²) in [7, 11) is 0. The molecule has 2 aromatic rings. The Hall–Kier alpha value is -2.63. The molecule has 0 unspecified atom stereocenters. The Morgan fingerprint density at radius 3 is 2.32 bits per heavy atom. The highest BCUT2D eigenvalue weighted by atomic mass is 16.1. The molecular weight excluding hydrogens is 314 g/mol. The van der Waals surface area contributed by atoms with Gasteiger partial charge >= 0.3 is 0 Å². The van der Waals surface area contributed by atoms with E-state index in [2.05, 4.69) is 32.0 Å². The number of aromatic nitrogens is 2. The molecule has 6 heteroatoms. The Balaban J connectivity index is 1.52. The van der Waals surface area contributed by atoms with Crippen LogP contribution in [0.2, 0.25) is 0 Å². The van der Waals surface area contributed by atoms with E-state index in [-0.39, 0.29) is 5.91 Å². The molecule has 1 aliphatic rings. The van der Waals surface area contributed by atoms with Crippen LogP contribution in [0.5, 0.6) is 0 Å². The fraction of sp³-hybridized carbons (Fsp3) is 0.421. The van der Waals surface area contributed by atoms with Crippen molar-refractivity contribution in [1.29, 1.82) is 0 Å². The van der Waals surface area contributed by atoms with E-state index < -0.39 is 0 Å². The summed E-state index contributed by atoms with van der Waals surface area (Å²) in [6, 6.07) is 9.91. The van der Waals surface area contributed by atoms with Gasteiger partial charge in [-0.3, -0.25) is 4.79 Å². The minimum atomic E-state index is 0.0559. The number of amides is 1. The van der Waals surface area contributed by atoms with Crippen LogP contribution in [0.3, 0.4) is 0 Å². The monoisotopic (exact) mass is 339 g/mol. The smallest absolute Gasteiger partial charge is 0.224 e. The fourth-order valence-corrected chi connectivity index (χ4v) is 2.91. The van der Waals surface area contributed by atoms with Gasteiger partial charge in [0.05, 0.1) is 11.9 Å². The number of pyridine rings is 2. The van der Waals surface area contributed by atoms with Gasteiger partial charge in [-0.15, -0.1) is 0 Å². The molecule has 1 saturated heterocycles. The fourth-order valence-electron chi connectivity index (χ4n) is 2.91. The van der Waals surface area contributed by atoms with Crippen LogP contribution in [0.4, 0.5) is 17.3 Å². The number of hydrogen-bond donors (Lipinski definition) is 1. The van der Waals surface area contributed by atoms with Gasteiger partial charge in [0.1, 0.15) is 11.6 Å². The van der Waals surface area contributed by atoms with Crippen molar-refractivity contribution in [2.24, 2.45) is 0 Å². The van der Waals surface area contributed by atoms with E-state index in [1.165, 1.54) is 0 Å². The van der Waals surface area contributed by atoms with Crippen LogP contribution in [-0.2, 0) is 4.79 Å². The molecule has 3 heterocycles. The van der Waals surface area contributed by atoms with Gasteiger partial charge in [0, 0.05) is 38.8 Å². The molecule has 1 N–H and O–H groups in total. The van der Waals surface area contributed by atoms with E-state index in [4.69, 9.17) is 0 Å². The Bertz CT molecular complexity index is 666. The largest absolute Gasteiger partial charge is 0.353 e. The standard InChI is InChI=1S/C19H25N5O/c1-2-3-7-19(25)22-16-8-9-18(21-15-16)24-13-11-23(12-14-24)17-6-4-5-10-20-17/h4-6,8-10,15H,2-3,7,11-14H2,1H3,(H,22,25). The summed E-state index contributed by atoms with van der Waals surface area (Å²) in [5, 5.41) is 2.90. The SMILES string of the molecule is CCCCC(=O)Nc1ccc(N2CCN(c3ccccn3)CC2)nc1. The Labute approximate surface area is 148 Å². The third-order valence-electron chi connectivity index (χ3n) is 4.37. The second-order valence-corrected chi connectivity index (χ2v) is 6.22. The quantitative estimate of drug-likeness (QED) is 0.877. The highest BCUT2D eigenvalue weighted by molar-refractivity contribution is 5.90. The number of carbonyl (C=O) groups is 1. The minimum absolute atomic E-state index is 0.0559. The Morgan fingerprint density at radius 1 is 1.04 bits per heavy atom. The van der Waals surface area contributed by atoms with Crippen molar-refractivity contribution in [2.75, 3.05) is 41.3 Å². The van der Waals surface area contributed by atoms with Crippen molar-refractivity contribution in [3.63, 3.8) is 0 Å². The Kier molecular flexibility index (Phi) is 5.82. The average molecular weight is 339 g/mol. The number of unbranched alkanes of at least 4 members (excludes halogenated alkanes) is 1. The van der Waals surface area contributed by atoms with Crippen molar-refractivity contribution in [3.8, 4) is 0 Å². The summed E-state index contributed by atoms with van der Waals surface area (Å²) in [5.41, 5.74) is 0.761. The highest BCUT2D eigenvalue weighted by Crippen LogP contribution is 2.18. The van der Waals surface area contributed by atoms with Crippen LogP contribution >= 0.6 is 0 Å². The van der Waals surface area contributed by atoms with Crippen molar-refractivity contribution in [3.05, 3.63) is 42.7 Å². The third-order valence-corrected chi connectivity index (χ3v) is 4.37. The second-order valence-electron chi connectivity index (χ2n) is 6.22. The third kappa shape index (κ3) is 4.68. The first-order chi connectivity index (χ1) is 12.3. The van der Waals surface area contributed by atoms with Crippen molar-refractivity contribution >= 4 is 23.2 Å². The van der Waals surface area contributed by atoms with Gasteiger partial charge in [0.25, 0.3) is 0 Å². The maximum Gasteiger partial charge on any atom is 0.224 e. The van der Waals surface area contributed by atoms with Crippen LogP contribution in [0.25, 0.3) is 0 Å². The number of rotatable bonds is 6. The van der Waals surface area contributed by atoms with E-state index >= 15 is 0 Å². The van der Waals surface area contributed by atoms with Gasteiger partial charge in [-0.2, -0.15) is 0 Å². The first-order valence-corrected chi connectivity index (χ1v) is 8.93. The average Bonchev–Trinajstić information content (AvgIpc) is 2.68. The molecule has 1 fully saturated rings. The molecule has 0 aliphatic carbocycles. The summed E-state index contributed by atoms with van der Waals surface area (Å²) in [6.07, 6.45) is 6.07. The predicted octanol–water partition coefficient (Wildman–Crippen LogP) is 2.93. The number of anilines is 3. The van der Waals surface area contributed by atoms with E-state index in [9.17, 15) is 4.79 Å². The molecule has 1 amide bonds. The first-order valence-electron chi connectivity index (χ1n) is 8.93. The molecule has 0 bridgehead atoms. The molecule has 0 saturated carbocycles. The van der Waals surface area contributed by atoms with Crippen LogP contribution in [-0.4, -0.2) is 42.1 Å². The molecule has 0 spiro atoms. The number of carbonyl (C=O) groups excluding carboxylic acids is 1. The van der Waals surface area contributed by atoms with Crippen molar-refractivity contribution in [2.45, 2.75) is 26.2 Å². The van der Waals surface area contributed by atoms with E-state index in [0.717, 1.165) is 56.3 Å². The zero-order chi connectivity index (χ0) is 17.5. The summed E-state index contributed by atoms with van der Waals surface area (Å²) < 4.78 is 0. The maximum atomic E-state index is 11.8. The molecule has 0 atom stereocenters. The van der Waals surface area contributed by atoms with Gasteiger partial charge in [-0.05, 0) is 30.7 Å². The summed E-state index contributed by atoms with van der Waals surface area (Å²) in [5.74, 6) is 2.04. The van der Waals surface area contributed by atoms with Crippen LogP contribution in [0, 0.1) is 0 Å². The number of hydrogen-bond acceptors (Lipinski definition) is 5. The molecule has 3 rings (SSSR count). The molecular formula is C19H25N5O. The molecule has 25 heavy (non-hydrogen) atoms. The lowest BCUT2D eigenvalue weighted by molar-refractivity contribution is -0.116. The Morgan fingerprint density at radius 2 is 1.76 bits per heavy atom. The van der Waals surface area contributed by atoms with Gasteiger partial charge in [-0.1, -0.05) is 19.4 Å². The van der Waals surface area contributed by atoms with Crippen molar-refractivity contribution in [1.82, 2.24) is 9.97 Å². The molecule has 2 aromatic heterocycles. The van der Waals surface area contributed by atoms with E-state index in [1.54, 1.807) is 6.20 Å². The molecule has 132 valence electrons. The van der Waals surface area contributed by atoms with Gasteiger partial charge in [0.2, 0.25) is 5.91 Å². The van der Waals surface area contributed by atoms with Gasteiger partial charge in [-0.25, -0.2) is 9.97 Å². The van der Waals surface area contributed by atoms with Gasteiger partial charge < -0.3 is 15.1 Å². The highest BCUT2D eigenvalue weighted by Gasteiger charge is 2.18. The maximum absolute atomic E-state index is 11.8. The normalized spacial score (nSPS) is 14.4. The molecule has 6 nitrogen and oxygen atoms in total. The predicted molar refractivity (Wildman–Crippen MR) is 101 cm³/mol. The van der Waals surface area contributed by atoms with Crippen LogP contribution in [0.15, 0.2) is 42.7 Å². The summed E-state index contributed by atoms with van der Waals surface area (Å²) >= 11 is 0. The molecule has 0 aromatic carbocycles. The lowest BCUT2D eigenvalue weighted by Crippen LogP contribution is -2.47. The summed E-state index contributed by atoms with van der Waals surface area (Å²) in [4.78, 5) is 25.2. The summed E-state index contributed by atoms with van der Waals surface area (Å²) in [6.45, 7) is 5.75. The van der Waals surface area contributed by atoms with Crippen LogP contribution in [0.1, 0.15) is 26.2 Å². The topological polar surface area (TPSA) is 61.4 Å². The minimum Gasteiger partial charge on any atom is -0.353 e. The van der Waals surface area contributed by atoms with E-state index in [0.29, 0.717) is 6.42 Å². The second kappa shape index (κ2) is 8.46. The zero-order valence-electron chi connectivity index (χ0n) is 14.7. The van der Waals surface area contributed by atoms with Crippen LogP contribution < -0.4 is 15.1 Å². The van der Waals surface area contributed by atoms with E-state index in [1.807, 2.05) is 36.5 Å².